The molecular formula is C22H20NOP. The van der Waals surface area contributed by atoms with Gasteiger partial charge in [0, 0.05) is 0 Å². The lowest BCUT2D eigenvalue weighted by molar-refractivity contribution is 0.144. The Morgan fingerprint density at radius 2 is 1.20 bits per heavy atom. The molecule has 2 nitrogen and oxygen atoms in total. The van der Waals surface area contributed by atoms with Crippen LogP contribution in [-0.2, 0) is 0 Å². The molecular weight excluding hydrogens is 325 g/mol. The minimum absolute atomic E-state index is 0.450. The largest absolute Gasteiger partial charge is 0.387 e. The van der Waals surface area contributed by atoms with E-state index in [0.717, 1.165) is 5.56 Å². The zero-order chi connectivity index (χ0) is 17.5. The average Bonchev–Trinajstić information content (AvgIpc) is 2.70. The molecule has 124 valence electrons. The summed E-state index contributed by atoms with van der Waals surface area (Å²) in [5, 5.41) is 22.9. The van der Waals surface area contributed by atoms with Crippen LogP contribution in [0, 0.1) is 17.2 Å². The lowest BCUT2D eigenvalue weighted by Gasteiger charge is -2.24. The first kappa shape index (κ1) is 17.4. The minimum atomic E-state index is -0.774. The number of nitrogens with zero attached hydrogens (tertiary/aromatic N) is 1. The fourth-order valence-electron chi connectivity index (χ4n) is 2.87. The number of rotatable bonds is 6. The van der Waals surface area contributed by atoms with Crippen molar-refractivity contribution in [3.8, 4) is 6.07 Å². The van der Waals surface area contributed by atoms with E-state index in [4.69, 9.17) is 0 Å². The van der Waals surface area contributed by atoms with Crippen molar-refractivity contribution < 1.29 is 5.11 Å². The predicted molar refractivity (Wildman–Crippen MR) is 104 cm³/mol. The summed E-state index contributed by atoms with van der Waals surface area (Å²) in [5.74, 6) is -0.450. The van der Waals surface area contributed by atoms with Crippen LogP contribution in [0.5, 0.6) is 0 Å². The first-order valence-corrected chi connectivity index (χ1v) is 9.82. The smallest absolute Gasteiger partial charge is 0.0951 e. The van der Waals surface area contributed by atoms with Gasteiger partial charge < -0.3 is 5.11 Å². The zero-order valence-electron chi connectivity index (χ0n) is 13.9. The third-order valence-corrected chi connectivity index (χ3v) is 6.80. The van der Waals surface area contributed by atoms with Gasteiger partial charge in [0.25, 0.3) is 0 Å². The summed E-state index contributed by atoms with van der Waals surface area (Å²) in [6, 6.07) is 32.4. The standard InChI is InChI=1S/C22H20NOP/c23-16-19(22(24)18-10-4-1-5-11-18)17-25(20-12-6-2-7-13-20)21-14-8-3-9-15-21/h1-15,19,22,24H,17H2. The average molecular weight is 345 g/mol. The quantitative estimate of drug-likeness (QED) is 0.687. The van der Waals surface area contributed by atoms with Crippen molar-refractivity contribution in [2.24, 2.45) is 5.92 Å². The Morgan fingerprint density at radius 1 is 0.760 bits per heavy atom. The van der Waals surface area contributed by atoms with E-state index in [1.54, 1.807) is 0 Å². The maximum atomic E-state index is 10.7. The van der Waals surface area contributed by atoms with E-state index in [1.807, 2.05) is 66.7 Å². The summed E-state index contributed by atoms with van der Waals surface area (Å²) >= 11 is 0. The highest BCUT2D eigenvalue weighted by Gasteiger charge is 2.26. The van der Waals surface area contributed by atoms with Gasteiger partial charge in [-0.1, -0.05) is 91.0 Å². The first-order valence-electron chi connectivity index (χ1n) is 8.30. The molecule has 0 radical (unpaired) electrons. The van der Waals surface area contributed by atoms with Gasteiger partial charge in [0.05, 0.1) is 18.1 Å². The second-order valence-electron chi connectivity index (χ2n) is 5.87. The molecule has 2 atom stereocenters. The maximum Gasteiger partial charge on any atom is 0.0951 e. The molecule has 0 saturated carbocycles. The van der Waals surface area contributed by atoms with Crippen LogP contribution >= 0.6 is 7.92 Å². The zero-order valence-corrected chi connectivity index (χ0v) is 14.8. The molecule has 25 heavy (non-hydrogen) atoms. The Morgan fingerprint density at radius 3 is 1.64 bits per heavy atom. The van der Waals surface area contributed by atoms with E-state index in [-0.39, 0.29) is 0 Å². The van der Waals surface area contributed by atoms with Crippen molar-refractivity contribution in [2.75, 3.05) is 6.16 Å². The number of hydrogen-bond donors (Lipinski definition) is 1. The summed E-state index contributed by atoms with van der Waals surface area (Å²) in [4.78, 5) is 0. The Bertz CT molecular complexity index is 775. The Hall–Kier alpha value is -2.46. The lowest BCUT2D eigenvalue weighted by atomic mass is 9.99. The Labute approximate surface area is 150 Å². The summed E-state index contributed by atoms with van der Waals surface area (Å²) in [5.41, 5.74) is 0.796. The van der Waals surface area contributed by atoms with Crippen molar-refractivity contribution >= 4 is 18.5 Å². The van der Waals surface area contributed by atoms with E-state index in [2.05, 4.69) is 30.3 Å². The summed E-state index contributed by atoms with van der Waals surface area (Å²) in [7, 11) is -0.701. The van der Waals surface area contributed by atoms with Gasteiger partial charge in [-0.15, -0.1) is 0 Å². The van der Waals surface area contributed by atoms with Crippen LogP contribution in [0.2, 0.25) is 0 Å². The van der Waals surface area contributed by atoms with Crippen LogP contribution in [0.15, 0.2) is 91.0 Å². The first-order chi connectivity index (χ1) is 12.3. The Balaban J connectivity index is 1.90. The molecule has 3 heteroatoms. The molecule has 0 aliphatic rings. The molecule has 0 spiro atoms. The van der Waals surface area contributed by atoms with Crippen LogP contribution < -0.4 is 10.6 Å². The molecule has 1 N–H and O–H groups in total. The SMILES string of the molecule is N#CC(CP(c1ccccc1)c1ccccc1)C(O)c1ccccc1. The number of aliphatic hydroxyl groups is 1. The van der Waals surface area contributed by atoms with Gasteiger partial charge >= 0.3 is 0 Å². The molecule has 0 bridgehead atoms. The van der Waals surface area contributed by atoms with Crippen molar-refractivity contribution in [3.05, 3.63) is 96.6 Å². The molecule has 0 saturated heterocycles. The molecule has 3 rings (SSSR count). The monoisotopic (exact) mass is 345 g/mol. The highest BCUT2D eigenvalue weighted by Crippen LogP contribution is 2.39. The van der Waals surface area contributed by atoms with E-state index < -0.39 is 19.9 Å². The molecule has 0 aliphatic carbocycles. The highest BCUT2D eigenvalue weighted by molar-refractivity contribution is 7.73. The summed E-state index contributed by atoms with van der Waals surface area (Å²) in [6.07, 6.45) is -0.140. The normalized spacial score (nSPS) is 13.2. The van der Waals surface area contributed by atoms with Crippen molar-refractivity contribution in [1.29, 1.82) is 5.26 Å². The highest BCUT2D eigenvalue weighted by atomic mass is 31.1. The molecule has 0 fully saturated rings. The fourth-order valence-corrected chi connectivity index (χ4v) is 5.32. The Kier molecular flexibility index (Phi) is 5.96. The summed E-state index contributed by atoms with van der Waals surface area (Å²) < 4.78 is 0. The van der Waals surface area contributed by atoms with Crippen molar-refractivity contribution in [1.82, 2.24) is 0 Å². The molecule has 0 amide bonds. The van der Waals surface area contributed by atoms with E-state index >= 15 is 0 Å². The minimum Gasteiger partial charge on any atom is -0.387 e. The summed E-state index contributed by atoms with van der Waals surface area (Å²) in [6.45, 7) is 0. The molecule has 0 aliphatic heterocycles. The van der Waals surface area contributed by atoms with Gasteiger partial charge in [-0.3, -0.25) is 0 Å². The lowest BCUT2D eigenvalue weighted by Crippen LogP contribution is -2.21. The van der Waals surface area contributed by atoms with E-state index in [9.17, 15) is 10.4 Å². The topological polar surface area (TPSA) is 44.0 Å². The predicted octanol–water partition coefficient (Wildman–Crippen LogP) is 3.99. The number of nitriles is 1. The van der Waals surface area contributed by atoms with Gasteiger partial charge in [-0.2, -0.15) is 5.26 Å². The van der Waals surface area contributed by atoms with Crippen LogP contribution in [0.4, 0.5) is 0 Å². The van der Waals surface area contributed by atoms with Crippen LogP contribution in [0.3, 0.4) is 0 Å². The molecule has 3 aromatic carbocycles. The van der Waals surface area contributed by atoms with Crippen LogP contribution in [-0.4, -0.2) is 11.3 Å². The van der Waals surface area contributed by atoms with Crippen LogP contribution in [0.25, 0.3) is 0 Å². The number of hydrogen-bond acceptors (Lipinski definition) is 2. The van der Waals surface area contributed by atoms with E-state index in [0.29, 0.717) is 6.16 Å². The number of aliphatic hydroxyl groups excluding tert-OH is 1. The second-order valence-corrected chi connectivity index (χ2v) is 8.13. The number of benzene rings is 3. The molecule has 2 unspecified atom stereocenters. The molecule has 0 aromatic heterocycles. The second kappa shape index (κ2) is 8.58. The maximum absolute atomic E-state index is 10.7. The van der Waals surface area contributed by atoms with Gasteiger partial charge in [-0.05, 0) is 30.3 Å². The molecule has 3 aromatic rings. The molecule has 0 heterocycles. The van der Waals surface area contributed by atoms with Gasteiger partial charge in [-0.25, -0.2) is 0 Å². The van der Waals surface area contributed by atoms with Gasteiger partial charge in [0.15, 0.2) is 0 Å². The third-order valence-electron chi connectivity index (χ3n) is 4.20. The third kappa shape index (κ3) is 4.34. The fraction of sp³-hybridized carbons (Fsp3) is 0.136. The van der Waals surface area contributed by atoms with Gasteiger partial charge in [0.2, 0.25) is 0 Å². The van der Waals surface area contributed by atoms with Crippen molar-refractivity contribution in [2.45, 2.75) is 6.10 Å². The van der Waals surface area contributed by atoms with Crippen LogP contribution in [0.1, 0.15) is 11.7 Å². The van der Waals surface area contributed by atoms with Crippen molar-refractivity contribution in [3.63, 3.8) is 0 Å². The van der Waals surface area contributed by atoms with Gasteiger partial charge in [0.1, 0.15) is 0 Å². The van der Waals surface area contributed by atoms with E-state index in [1.165, 1.54) is 10.6 Å².